The van der Waals surface area contributed by atoms with Crippen LogP contribution in [0, 0.1) is 0 Å². The van der Waals surface area contributed by atoms with Crippen LogP contribution in [0.4, 0.5) is 14.5 Å². The number of anilines is 1. The standard InChI is InChI=1S/C20H30F2N4O3.HI/c1-23-19(24-14-20(27-2)8-11-28-12-9-20)25-15-7-10-26(13-15)16-5-3-4-6-17(16)29-18(21)22;/h3-6,15,18H,7-14H2,1-2H3,(H2,23,24,25);1H. The molecule has 10 heteroatoms. The second-order valence-corrected chi connectivity index (χ2v) is 7.35. The third-order valence-corrected chi connectivity index (χ3v) is 5.59. The Bertz CT molecular complexity index is 690. The minimum atomic E-state index is -2.84. The number of benzene rings is 1. The summed E-state index contributed by atoms with van der Waals surface area (Å²) in [6.45, 7) is 0.617. The summed E-state index contributed by atoms with van der Waals surface area (Å²) in [5.74, 6) is 0.907. The summed E-state index contributed by atoms with van der Waals surface area (Å²) in [4.78, 5) is 6.37. The highest BCUT2D eigenvalue weighted by Crippen LogP contribution is 2.31. The number of alkyl halides is 2. The van der Waals surface area contributed by atoms with E-state index in [2.05, 4.69) is 25.3 Å². The van der Waals surface area contributed by atoms with Gasteiger partial charge in [-0.2, -0.15) is 8.78 Å². The zero-order valence-corrected chi connectivity index (χ0v) is 19.7. The summed E-state index contributed by atoms with van der Waals surface area (Å²) in [6.07, 6.45) is 2.55. The molecular weight excluding hydrogens is 509 g/mol. The Balaban J connectivity index is 0.00000320. The second kappa shape index (κ2) is 11.8. The second-order valence-electron chi connectivity index (χ2n) is 7.35. The molecule has 0 aliphatic carbocycles. The third kappa shape index (κ3) is 6.55. The molecule has 0 saturated carbocycles. The van der Waals surface area contributed by atoms with E-state index in [-0.39, 0.29) is 41.4 Å². The smallest absolute Gasteiger partial charge is 0.387 e. The van der Waals surface area contributed by atoms with Gasteiger partial charge in [0.2, 0.25) is 0 Å². The average molecular weight is 540 g/mol. The van der Waals surface area contributed by atoms with Crippen LogP contribution in [-0.2, 0) is 9.47 Å². The Morgan fingerprint density at radius 3 is 2.73 bits per heavy atom. The molecule has 1 aromatic rings. The maximum atomic E-state index is 12.7. The number of halogens is 3. The van der Waals surface area contributed by atoms with Gasteiger partial charge < -0.3 is 29.7 Å². The SMILES string of the molecule is CN=C(NCC1(OC)CCOCC1)NC1CCN(c2ccccc2OC(F)F)C1.I. The van der Waals surface area contributed by atoms with E-state index in [1.807, 2.05) is 6.07 Å². The van der Waals surface area contributed by atoms with E-state index in [1.54, 1.807) is 32.4 Å². The van der Waals surface area contributed by atoms with Crippen molar-refractivity contribution in [2.45, 2.75) is 37.5 Å². The van der Waals surface area contributed by atoms with E-state index in [1.165, 1.54) is 0 Å². The van der Waals surface area contributed by atoms with Crippen molar-refractivity contribution in [2.75, 3.05) is 51.9 Å². The molecule has 0 amide bonds. The Morgan fingerprint density at radius 2 is 2.07 bits per heavy atom. The minimum Gasteiger partial charge on any atom is -0.433 e. The van der Waals surface area contributed by atoms with E-state index in [0.29, 0.717) is 38.0 Å². The molecule has 1 aromatic carbocycles. The van der Waals surface area contributed by atoms with Crippen LogP contribution in [0.1, 0.15) is 19.3 Å². The van der Waals surface area contributed by atoms with Gasteiger partial charge in [-0.3, -0.25) is 4.99 Å². The van der Waals surface area contributed by atoms with Crippen molar-refractivity contribution >= 4 is 35.6 Å². The highest BCUT2D eigenvalue weighted by atomic mass is 127. The first-order valence-electron chi connectivity index (χ1n) is 9.94. The fraction of sp³-hybridized carbons (Fsp3) is 0.650. The molecule has 30 heavy (non-hydrogen) atoms. The molecule has 0 radical (unpaired) electrons. The molecule has 2 heterocycles. The Hall–Kier alpha value is -1.40. The van der Waals surface area contributed by atoms with Crippen LogP contribution in [-0.4, -0.2) is 71.2 Å². The van der Waals surface area contributed by atoms with Crippen molar-refractivity contribution in [1.29, 1.82) is 0 Å². The van der Waals surface area contributed by atoms with Crippen LogP contribution < -0.4 is 20.3 Å². The number of nitrogens with one attached hydrogen (secondary N) is 2. The van der Waals surface area contributed by atoms with Crippen LogP contribution >= 0.6 is 24.0 Å². The first-order chi connectivity index (χ1) is 14.0. The molecule has 2 fully saturated rings. The molecule has 3 rings (SSSR count). The molecular formula is C20H31F2IN4O3. The Kier molecular flexibility index (Phi) is 9.82. The van der Waals surface area contributed by atoms with Crippen molar-refractivity contribution in [1.82, 2.24) is 10.6 Å². The molecule has 170 valence electrons. The number of guanidine groups is 1. The molecule has 0 bridgehead atoms. The molecule has 1 atom stereocenters. The monoisotopic (exact) mass is 540 g/mol. The van der Waals surface area contributed by atoms with Gasteiger partial charge in [0.25, 0.3) is 0 Å². The fourth-order valence-electron chi connectivity index (χ4n) is 3.84. The Morgan fingerprint density at radius 1 is 1.33 bits per heavy atom. The van der Waals surface area contributed by atoms with Crippen molar-refractivity contribution in [2.24, 2.45) is 4.99 Å². The van der Waals surface area contributed by atoms with Gasteiger partial charge >= 0.3 is 6.61 Å². The van der Waals surface area contributed by atoms with Gasteiger partial charge in [0.05, 0.1) is 11.3 Å². The highest BCUT2D eigenvalue weighted by Gasteiger charge is 2.33. The minimum absolute atomic E-state index is 0. The van der Waals surface area contributed by atoms with Gasteiger partial charge in [-0.25, -0.2) is 0 Å². The lowest BCUT2D eigenvalue weighted by Gasteiger charge is -2.36. The largest absolute Gasteiger partial charge is 0.433 e. The molecule has 7 nitrogen and oxygen atoms in total. The van der Waals surface area contributed by atoms with Crippen molar-refractivity contribution < 1.29 is 23.0 Å². The lowest BCUT2D eigenvalue weighted by atomic mass is 9.94. The lowest BCUT2D eigenvalue weighted by Crippen LogP contribution is -2.52. The topological polar surface area (TPSA) is 67.4 Å². The van der Waals surface area contributed by atoms with Crippen molar-refractivity contribution in [3.05, 3.63) is 24.3 Å². The number of methoxy groups -OCH3 is 1. The summed E-state index contributed by atoms with van der Waals surface area (Å²) >= 11 is 0. The third-order valence-electron chi connectivity index (χ3n) is 5.59. The summed E-state index contributed by atoms with van der Waals surface area (Å²) in [5.41, 5.74) is 0.434. The number of ether oxygens (including phenoxy) is 3. The van der Waals surface area contributed by atoms with Gasteiger partial charge in [0.1, 0.15) is 5.75 Å². The lowest BCUT2D eigenvalue weighted by molar-refractivity contribution is -0.0855. The zero-order chi connectivity index (χ0) is 20.7. The number of aliphatic imine (C=N–C) groups is 1. The zero-order valence-electron chi connectivity index (χ0n) is 17.4. The Labute approximate surface area is 193 Å². The molecule has 2 N–H and O–H groups in total. The molecule has 0 spiro atoms. The quantitative estimate of drug-likeness (QED) is 0.315. The molecule has 2 aliphatic heterocycles. The summed E-state index contributed by atoms with van der Waals surface area (Å²) in [5, 5.41) is 6.79. The van der Waals surface area contributed by atoms with Crippen LogP contribution in [0.15, 0.2) is 29.3 Å². The maximum Gasteiger partial charge on any atom is 0.387 e. The number of para-hydroxylation sites is 2. The summed E-state index contributed by atoms with van der Waals surface area (Å²) in [7, 11) is 3.47. The van der Waals surface area contributed by atoms with Gasteiger partial charge in [0.15, 0.2) is 5.96 Å². The van der Waals surface area contributed by atoms with Gasteiger partial charge in [0, 0.05) is 65.9 Å². The van der Waals surface area contributed by atoms with E-state index in [0.717, 1.165) is 25.8 Å². The van der Waals surface area contributed by atoms with E-state index in [4.69, 9.17) is 9.47 Å². The number of nitrogens with zero attached hydrogens (tertiary/aromatic N) is 2. The predicted molar refractivity (Wildman–Crippen MR) is 123 cm³/mol. The molecule has 2 saturated heterocycles. The van der Waals surface area contributed by atoms with Gasteiger partial charge in [-0.15, -0.1) is 24.0 Å². The fourth-order valence-corrected chi connectivity index (χ4v) is 3.84. The number of hydrogen-bond donors (Lipinski definition) is 2. The van der Waals surface area contributed by atoms with Gasteiger partial charge in [-0.05, 0) is 18.6 Å². The van der Waals surface area contributed by atoms with Crippen LogP contribution in [0.3, 0.4) is 0 Å². The predicted octanol–water partition coefficient (Wildman–Crippen LogP) is 2.85. The first kappa shape index (κ1) is 24.9. The van der Waals surface area contributed by atoms with Crippen molar-refractivity contribution in [3.8, 4) is 5.75 Å². The van der Waals surface area contributed by atoms with Crippen LogP contribution in [0.5, 0.6) is 5.75 Å². The normalized spacial score (nSPS) is 21.3. The molecule has 1 unspecified atom stereocenters. The number of rotatable bonds is 7. The van der Waals surface area contributed by atoms with E-state index in [9.17, 15) is 8.78 Å². The van der Waals surface area contributed by atoms with E-state index >= 15 is 0 Å². The van der Waals surface area contributed by atoms with Crippen LogP contribution in [0.2, 0.25) is 0 Å². The first-order valence-corrected chi connectivity index (χ1v) is 9.94. The molecule has 2 aliphatic rings. The van der Waals surface area contributed by atoms with Crippen LogP contribution in [0.25, 0.3) is 0 Å². The maximum absolute atomic E-state index is 12.7. The highest BCUT2D eigenvalue weighted by molar-refractivity contribution is 14.0. The van der Waals surface area contributed by atoms with E-state index < -0.39 is 6.61 Å². The summed E-state index contributed by atoms with van der Waals surface area (Å²) in [6, 6.07) is 7.05. The van der Waals surface area contributed by atoms with Crippen molar-refractivity contribution in [3.63, 3.8) is 0 Å². The molecule has 0 aromatic heterocycles. The number of hydrogen-bond acceptors (Lipinski definition) is 5. The average Bonchev–Trinajstić information content (AvgIpc) is 3.20. The van der Waals surface area contributed by atoms with Gasteiger partial charge in [-0.1, -0.05) is 12.1 Å². The summed E-state index contributed by atoms with van der Waals surface area (Å²) < 4.78 is 41.2.